The molecule has 0 unspecified atom stereocenters. The van der Waals surface area contributed by atoms with E-state index in [-0.39, 0.29) is 5.91 Å². The smallest absolute Gasteiger partial charge is 0.223 e. The Hall–Kier alpha value is -1.55. The molecule has 0 aliphatic rings. The van der Waals surface area contributed by atoms with Crippen LogP contribution in [-0.2, 0) is 4.79 Å². The van der Waals surface area contributed by atoms with Gasteiger partial charge in [-0.15, -0.1) is 0 Å². The van der Waals surface area contributed by atoms with Crippen LogP contribution in [0.25, 0.3) is 0 Å². The predicted molar refractivity (Wildman–Crippen MR) is 70.6 cm³/mol. The second-order valence-electron chi connectivity index (χ2n) is 4.27. The van der Waals surface area contributed by atoms with Gasteiger partial charge in [-0.25, -0.2) is 0 Å². The summed E-state index contributed by atoms with van der Waals surface area (Å²) in [6.07, 6.45) is -0.258. The number of rotatable bonds is 6. The van der Waals surface area contributed by atoms with E-state index < -0.39 is 6.10 Å². The van der Waals surface area contributed by atoms with Gasteiger partial charge in [0.25, 0.3) is 0 Å². The number of aryl methyl sites for hydroxylation is 1. The molecular formula is C14H21NO3. The Balaban J connectivity index is 2.60. The number of aliphatic hydroxyl groups excluding tert-OH is 1. The van der Waals surface area contributed by atoms with Crippen LogP contribution < -0.4 is 10.1 Å². The average Bonchev–Trinajstić information content (AvgIpc) is 2.29. The molecule has 1 rings (SSSR count). The summed E-state index contributed by atoms with van der Waals surface area (Å²) in [4.78, 5) is 11.3. The van der Waals surface area contributed by atoms with Gasteiger partial charge in [0.05, 0.1) is 19.1 Å². The highest BCUT2D eigenvalue weighted by molar-refractivity contribution is 5.75. The van der Waals surface area contributed by atoms with Crippen LogP contribution in [0.3, 0.4) is 0 Å². The van der Waals surface area contributed by atoms with Crippen molar-refractivity contribution in [1.29, 1.82) is 0 Å². The molecule has 0 aliphatic carbocycles. The van der Waals surface area contributed by atoms with Gasteiger partial charge < -0.3 is 15.2 Å². The summed E-state index contributed by atoms with van der Waals surface area (Å²) in [6, 6.07) is 5.65. The van der Waals surface area contributed by atoms with Crippen LogP contribution in [0, 0.1) is 6.92 Å². The zero-order valence-electron chi connectivity index (χ0n) is 11.2. The average molecular weight is 251 g/mol. The van der Waals surface area contributed by atoms with Gasteiger partial charge in [-0.05, 0) is 32.4 Å². The third-order valence-electron chi connectivity index (χ3n) is 2.58. The van der Waals surface area contributed by atoms with Crippen LogP contribution in [-0.4, -0.2) is 24.2 Å². The van der Waals surface area contributed by atoms with Crippen molar-refractivity contribution in [3.8, 4) is 5.75 Å². The molecule has 1 atom stereocenters. The molecule has 18 heavy (non-hydrogen) atoms. The van der Waals surface area contributed by atoms with Crippen molar-refractivity contribution in [3.63, 3.8) is 0 Å². The summed E-state index contributed by atoms with van der Waals surface area (Å²) in [7, 11) is 0. The minimum absolute atomic E-state index is 0.0243. The van der Waals surface area contributed by atoms with Crippen molar-refractivity contribution in [2.24, 2.45) is 0 Å². The lowest BCUT2D eigenvalue weighted by molar-refractivity contribution is -0.121. The number of benzene rings is 1. The van der Waals surface area contributed by atoms with E-state index in [1.54, 1.807) is 6.92 Å². The molecule has 2 N–H and O–H groups in total. The zero-order valence-corrected chi connectivity index (χ0v) is 11.2. The van der Waals surface area contributed by atoms with Crippen molar-refractivity contribution >= 4 is 5.91 Å². The minimum atomic E-state index is -0.579. The van der Waals surface area contributed by atoms with E-state index in [1.807, 2.05) is 32.0 Å². The summed E-state index contributed by atoms with van der Waals surface area (Å²) >= 11 is 0. The monoisotopic (exact) mass is 251 g/mol. The summed E-state index contributed by atoms with van der Waals surface area (Å²) in [5.41, 5.74) is 1.81. The van der Waals surface area contributed by atoms with E-state index in [9.17, 15) is 9.90 Å². The molecule has 0 saturated carbocycles. The van der Waals surface area contributed by atoms with E-state index in [0.29, 0.717) is 25.3 Å². The molecule has 1 amide bonds. The summed E-state index contributed by atoms with van der Waals surface area (Å²) in [5.74, 6) is 0.623. The molecule has 1 aromatic rings. The fourth-order valence-electron chi connectivity index (χ4n) is 1.65. The normalized spacial score (nSPS) is 12.0. The first-order chi connectivity index (χ1) is 8.54. The van der Waals surface area contributed by atoms with Crippen LogP contribution in [0.2, 0.25) is 0 Å². The van der Waals surface area contributed by atoms with Crippen molar-refractivity contribution < 1.29 is 14.6 Å². The molecule has 0 radical (unpaired) electrons. The molecular weight excluding hydrogens is 230 g/mol. The molecule has 0 fully saturated rings. The van der Waals surface area contributed by atoms with Crippen LogP contribution in [0.4, 0.5) is 0 Å². The number of carbonyl (C=O) groups is 1. The maximum Gasteiger partial charge on any atom is 0.223 e. The van der Waals surface area contributed by atoms with Crippen LogP contribution in [0.1, 0.15) is 37.5 Å². The highest BCUT2D eigenvalue weighted by atomic mass is 16.5. The first kappa shape index (κ1) is 14.5. The van der Waals surface area contributed by atoms with Crippen LogP contribution >= 0.6 is 0 Å². The van der Waals surface area contributed by atoms with E-state index in [1.165, 1.54) is 0 Å². The van der Waals surface area contributed by atoms with Gasteiger partial charge in [0.1, 0.15) is 5.75 Å². The molecule has 0 saturated heterocycles. The van der Waals surface area contributed by atoms with Gasteiger partial charge in [-0.2, -0.15) is 0 Å². The molecule has 1 aromatic carbocycles. The largest absolute Gasteiger partial charge is 0.493 e. The van der Waals surface area contributed by atoms with Gasteiger partial charge in [-0.3, -0.25) is 4.79 Å². The molecule has 0 heterocycles. The number of amides is 1. The Morgan fingerprint density at radius 2 is 2.22 bits per heavy atom. The first-order valence-corrected chi connectivity index (χ1v) is 6.22. The lowest BCUT2D eigenvalue weighted by Gasteiger charge is -2.14. The third-order valence-corrected chi connectivity index (χ3v) is 2.58. The van der Waals surface area contributed by atoms with Crippen molar-refractivity contribution in [2.75, 3.05) is 13.2 Å². The predicted octanol–water partition coefficient (Wildman–Crippen LogP) is 1.95. The summed E-state index contributed by atoms with van der Waals surface area (Å²) in [6.45, 7) is 6.48. The standard InChI is InChI=1S/C14H21NO3/c1-4-15-14(17)7-8-18-13-9-10(2)5-6-12(13)11(3)16/h5-6,9,11,16H,4,7-8H2,1-3H3,(H,15,17)/t11-/m0/s1. The first-order valence-electron chi connectivity index (χ1n) is 6.22. The number of aliphatic hydroxyl groups is 1. The molecule has 4 nitrogen and oxygen atoms in total. The minimum Gasteiger partial charge on any atom is -0.493 e. The van der Waals surface area contributed by atoms with Crippen molar-refractivity contribution in [2.45, 2.75) is 33.3 Å². The van der Waals surface area contributed by atoms with E-state index >= 15 is 0 Å². The Kier molecular flexibility index (Phi) is 5.65. The summed E-state index contributed by atoms with van der Waals surface area (Å²) in [5, 5.41) is 12.3. The molecule has 0 aliphatic heterocycles. The van der Waals surface area contributed by atoms with Gasteiger partial charge in [0.2, 0.25) is 5.91 Å². The molecule has 0 aromatic heterocycles. The maximum atomic E-state index is 11.3. The molecule has 0 spiro atoms. The van der Waals surface area contributed by atoms with Crippen LogP contribution in [0.5, 0.6) is 5.75 Å². The zero-order chi connectivity index (χ0) is 13.5. The number of nitrogens with one attached hydrogen (secondary N) is 1. The lowest BCUT2D eigenvalue weighted by atomic mass is 10.1. The Bertz CT molecular complexity index is 402. The number of carbonyl (C=O) groups excluding carboxylic acids is 1. The maximum absolute atomic E-state index is 11.3. The molecule has 4 heteroatoms. The molecule has 0 bridgehead atoms. The number of ether oxygens (including phenoxy) is 1. The van der Waals surface area contributed by atoms with E-state index in [4.69, 9.17) is 4.74 Å². The highest BCUT2D eigenvalue weighted by Gasteiger charge is 2.10. The van der Waals surface area contributed by atoms with Gasteiger partial charge >= 0.3 is 0 Å². The second-order valence-corrected chi connectivity index (χ2v) is 4.27. The Morgan fingerprint density at radius 3 is 2.83 bits per heavy atom. The van der Waals surface area contributed by atoms with Crippen molar-refractivity contribution in [3.05, 3.63) is 29.3 Å². The fraction of sp³-hybridized carbons (Fsp3) is 0.500. The molecule has 100 valence electrons. The van der Waals surface area contributed by atoms with Crippen molar-refractivity contribution in [1.82, 2.24) is 5.32 Å². The van der Waals surface area contributed by atoms with Gasteiger partial charge in [0.15, 0.2) is 0 Å². The number of hydrogen-bond acceptors (Lipinski definition) is 3. The SMILES string of the molecule is CCNC(=O)CCOc1cc(C)ccc1[C@H](C)O. The summed E-state index contributed by atoms with van der Waals surface area (Å²) < 4.78 is 5.58. The number of hydrogen-bond donors (Lipinski definition) is 2. The van der Waals surface area contributed by atoms with Gasteiger partial charge in [-0.1, -0.05) is 12.1 Å². The second kappa shape index (κ2) is 7.01. The van der Waals surface area contributed by atoms with Gasteiger partial charge in [0, 0.05) is 12.1 Å². The highest BCUT2D eigenvalue weighted by Crippen LogP contribution is 2.26. The fourth-order valence-corrected chi connectivity index (χ4v) is 1.65. The van der Waals surface area contributed by atoms with Crippen LogP contribution in [0.15, 0.2) is 18.2 Å². The Labute approximate surface area is 108 Å². The third kappa shape index (κ3) is 4.37. The Morgan fingerprint density at radius 1 is 1.50 bits per heavy atom. The quantitative estimate of drug-likeness (QED) is 0.812. The van der Waals surface area contributed by atoms with E-state index in [2.05, 4.69) is 5.32 Å². The lowest BCUT2D eigenvalue weighted by Crippen LogP contribution is -2.24. The topological polar surface area (TPSA) is 58.6 Å². The van der Waals surface area contributed by atoms with E-state index in [0.717, 1.165) is 11.1 Å².